The highest BCUT2D eigenvalue weighted by Gasteiger charge is 2.08. The molecular formula is C12H16N2S. The van der Waals surface area contributed by atoms with Gasteiger partial charge in [-0.05, 0) is 42.9 Å². The van der Waals surface area contributed by atoms with Crippen molar-refractivity contribution < 1.29 is 0 Å². The molecule has 0 saturated heterocycles. The van der Waals surface area contributed by atoms with E-state index in [0.717, 1.165) is 18.7 Å². The summed E-state index contributed by atoms with van der Waals surface area (Å²) in [4.78, 5) is 0. The van der Waals surface area contributed by atoms with Crippen molar-refractivity contribution in [3.05, 3.63) is 29.5 Å². The Morgan fingerprint density at radius 3 is 3.00 bits per heavy atom. The predicted molar refractivity (Wildman–Crippen MR) is 66.3 cm³/mol. The van der Waals surface area contributed by atoms with E-state index >= 15 is 0 Å². The largest absolute Gasteiger partial charge is 0.330 e. The first-order chi connectivity index (χ1) is 7.22. The summed E-state index contributed by atoms with van der Waals surface area (Å²) in [5, 5.41) is 1.29. The zero-order chi connectivity index (χ0) is 10.8. The Bertz CT molecular complexity index is 462. The Hall–Kier alpha value is -0.930. The fraction of sp³-hybridized carbons (Fsp3) is 0.417. The number of hydrogen-bond acceptors (Lipinski definition) is 3. The van der Waals surface area contributed by atoms with Crippen LogP contribution >= 0.6 is 11.5 Å². The molecule has 0 aliphatic carbocycles. The van der Waals surface area contributed by atoms with Crippen LogP contribution in [-0.4, -0.2) is 10.9 Å². The lowest BCUT2D eigenvalue weighted by molar-refractivity contribution is 0.595. The summed E-state index contributed by atoms with van der Waals surface area (Å²) >= 11 is 1.60. The summed E-state index contributed by atoms with van der Waals surface area (Å²) in [5.74, 6) is 0.540. The van der Waals surface area contributed by atoms with Crippen molar-refractivity contribution in [1.82, 2.24) is 4.37 Å². The molecule has 1 atom stereocenters. The van der Waals surface area contributed by atoms with Gasteiger partial charge in [-0.3, -0.25) is 0 Å². The maximum absolute atomic E-state index is 5.66. The van der Waals surface area contributed by atoms with Gasteiger partial charge in [0.25, 0.3) is 0 Å². The van der Waals surface area contributed by atoms with Gasteiger partial charge in [-0.1, -0.05) is 25.1 Å². The molecule has 2 aromatic rings. The van der Waals surface area contributed by atoms with E-state index in [0.29, 0.717) is 5.92 Å². The van der Waals surface area contributed by atoms with E-state index in [4.69, 9.17) is 5.73 Å². The standard InChI is InChI=1S/C12H16N2S/c1-8(7-13)6-10-4-3-5-11-9(2)14-15-12(10)11/h3-5,8H,6-7,13H2,1-2H3. The third-order valence-corrected chi connectivity index (χ3v) is 3.76. The van der Waals surface area contributed by atoms with Crippen LogP contribution in [-0.2, 0) is 6.42 Å². The lowest BCUT2D eigenvalue weighted by Crippen LogP contribution is -2.13. The molecule has 1 aromatic heterocycles. The lowest BCUT2D eigenvalue weighted by Gasteiger charge is -2.08. The van der Waals surface area contributed by atoms with Gasteiger partial charge >= 0.3 is 0 Å². The van der Waals surface area contributed by atoms with Crippen molar-refractivity contribution in [1.29, 1.82) is 0 Å². The second kappa shape index (κ2) is 4.29. The highest BCUT2D eigenvalue weighted by molar-refractivity contribution is 7.13. The number of hydrogen-bond donors (Lipinski definition) is 1. The number of rotatable bonds is 3. The minimum absolute atomic E-state index is 0.540. The van der Waals surface area contributed by atoms with E-state index in [1.54, 1.807) is 11.5 Å². The molecule has 1 unspecified atom stereocenters. The first-order valence-corrected chi connectivity index (χ1v) is 6.03. The Morgan fingerprint density at radius 1 is 1.47 bits per heavy atom. The monoisotopic (exact) mass is 220 g/mol. The van der Waals surface area contributed by atoms with Gasteiger partial charge < -0.3 is 5.73 Å². The first-order valence-electron chi connectivity index (χ1n) is 5.26. The first kappa shape index (κ1) is 10.6. The van der Waals surface area contributed by atoms with Gasteiger partial charge in [-0.2, -0.15) is 4.37 Å². The third-order valence-electron chi connectivity index (χ3n) is 2.73. The van der Waals surface area contributed by atoms with Crippen LogP contribution < -0.4 is 5.73 Å². The average Bonchev–Trinajstić information content (AvgIpc) is 2.62. The minimum atomic E-state index is 0.540. The van der Waals surface area contributed by atoms with E-state index in [1.807, 2.05) is 0 Å². The summed E-state index contributed by atoms with van der Waals surface area (Å²) in [5.41, 5.74) is 8.18. The number of nitrogens with two attached hydrogens (primary N) is 1. The summed E-state index contributed by atoms with van der Waals surface area (Å²) in [6.45, 7) is 5.00. The van der Waals surface area contributed by atoms with E-state index < -0.39 is 0 Å². The zero-order valence-electron chi connectivity index (χ0n) is 9.16. The number of nitrogens with zero attached hydrogens (tertiary/aromatic N) is 1. The van der Waals surface area contributed by atoms with Crippen molar-refractivity contribution >= 4 is 21.6 Å². The average molecular weight is 220 g/mol. The highest BCUT2D eigenvalue weighted by atomic mass is 32.1. The predicted octanol–water partition coefficient (Wildman–Crippen LogP) is 2.74. The maximum atomic E-state index is 5.66. The zero-order valence-corrected chi connectivity index (χ0v) is 9.97. The second-order valence-electron chi connectivity index (χ2n) is 4.11. The fourth-order valence-corrected chi connectivity index (χ4v) is 2.67. The Morgan fingerprint density at radius 2 is 2.27 bits per heavy atom. The second-order valence-corrected chi connectivity index (χ2v) is 4.88. The fourth-order valence-electron chi connectivity index (χ4n) is 1.76. The van der Waals surface area contributed by atoms with Gasteiger partial charge in [0.15, 0.2) is 0 Å². The van der Waals surface area contributed by atoms with Crippen molar-refractivity contribution in [2.45, 2.75) is 20.3 Å². The molecule has 1 heterocycles. The minimum Gasteiger partial charge on any atom is -0.330 e. The van der Waals surface area contributed by atoms with E-state index in [2.05, 4.69) is 36.4 Å². The van der Waals surface area contributed by atoms with Gasteiger partial charge in [0, 0.05) is 5.39 Å². The van der Waals surface area contributed by atoms with E-state index in [9.17, 15) is 0 Å². The van der Waals surface area contributed by atoms with Crippen LogP contribution in [0.3, 0.4) is 0 Å². The molecule has 0 aliphatic heterocycles. The van der Waals surface area contributed by atoms with Crippen molar-refractivity contribution in [2.24, 2.45) is 11.7 Å². The van der Waals surface area contributed by atoms with Crippen LogP contribution in [0.2, 0.25) is 0 Å². The molecule has 0 amide bonds. The Balaban J connectivity index is 2.43. The topological polar surface area (TPSA) is 38.9 Å². The summed E-state index contributed by atoms with van der Waals surface area (Å²) in [6.07, 6.45) is 1.05. The molecular weight excluding hydrogens is 204 g/mol. The van der Waals surface area contributed by atoms with Crippen LogP contribution in [0.4, 0.5) is 0 Å². The molecule has 2 N–H and O–H groups in total. The van der Waals surface area contributed by atoms with Crippen molar-refractivity contribution in [3.63, 3.8) is 0 Å². The van der Waals surface area contributed by atoms with Gasteiger partial charge in [-0.15, -0.1) is 0 Å². The molecule has 1 aromatic carbocycles. The highest BCUT2D eigenvalue weighted by Crippen LogP contribution is 2.27. The van der Waals surface area contributed by atoms with Gasteiger partial charge in [0.05, 0.1) is 10.4 Å². The molecule has 0 fully saturated rings. The molecule has 2 nitrogen and oxygen atoms in total. The molecule has 80 valence electrons. The van der Waals surface area contributed by atoms with Crippen molar-refractivity contribution in [2.75, 3.05) is 6.54 Å². The van der Waals surface area contributed by atoms with Crippen LogP contribution in [0.15, 0.2) is 18.2 Å². The number of fused-ring (bicyclic) bond motifs is 1. The summed E-state index contributed by atoms with van der Waals surface area (Å²) < 4.78 is 5.73. The lowest BCUT2D eigenvalue weighted by atomic mass is 10.00. The summed E-state index contributed by atoms with van der Waals surface area (Å²) in [7, 11) is 0. The molecule has 0 radical (unpaired) electrons. The molecule has 3 heteroatoms. The Kier molecular flexibility index (Phi) is 3.03. The summed E-state index contributed by atoms with van der Waals surface area (Å²) in [6, 6.07) is 6.44. The molecule has 0 aliphatic rings. The maximum Gasteiger partial charge on any atom is 0.0589 e. The number of aromatic nitrogens is 1. The Labute approximate surface area is 94.3 Å². The smallest absolute Gasteiger partial charge is 0.0589 e. The molecule has 0 bridgehead atoms. The molecule has 15 heavy (non-hydrogen) atoms. The quantitative estimate of drug-likeness (QED) is 0.863. The SMILES string of the molecule is Cc1nsc2c(CC(C)CN)cccc12. The molecule has 2 rings (SSSR count). The van der Waals surface area contributed by atoms with E-state index in [1.165, 1.54) is 15.6 Å². The number of benzene rings is 1. The van der Waals surface area contributed by atoms with Gasteiger partial charge in [0.2, 0.25) is 0 Å². The van der Waals surface area contributed by atoms with Crippen molar-refractivity contribution in [3.8, 4) is 0 Å². The van der Waals surface area contributed by atoms with E-state index in [-0.39, 0.29) is 0 Å². The molecule has 0 saturated carbocycles. The van der Waals surface area contributed by atoms with Crippen LogP contribution in [0.1, 0.15) is 18.2 Å². The number of aryl methyl sites for hydroxylation is 1. The van der Waals surface area contributed by atoms with Gasteiger partial charge in [0.1, 0.15) is 0 Å². The van der Waals surface area contributed by atoms with Crippen LogP contribution in [0, 0.1) is 12.8 Å². The molecule has 0 spiro atoms. The van der Waals surface area contributed by atoms with Crippen LogP contribution in [0.5, 0.6) is 0 Å². The normalized spacial score (nSPS) is 13.3. The third kappa shape index (κ3) is 2.03. The van der Waals surface area contributed by atoms with Gasteiger partial charge in [-0.25, -0.2) is 0 Å². The van der Waals surface area contributed by atoms with Crippen LogP contribution in [0.25, 0.3) is 10.1 Å².